The van der Waals surface area contributed by atoms with Gasteiger partial charge < -0.3 is 10.2 Å². The third kappa shape index (κ3) is 4.36. The van der Waals surface area contributed by atoms with Gasteiger partial charge >= 0.3 is 0 Å². The summed E-state index contributed by atoms with van der Waals surface area (Å²) in [5.74, 6) is -0.320. The Labute approximate surface area is 163 Å². The van der Waals surface area contributed by atoms with E-state index in [1.807, 2.05) is 32.0 Å². The van der Waals surface area contributed by atoms with Gasteiger partial charge in [-0.2, -0.15) is 0 Å². The second kappa shape index (κ2) is 8.21. The van der Waals surface area contributed by atoms with Gasteiger partial charge in [-0.3, -0.25) is 19.7 Å². The highest BCUT2D eigenvalue weighted by Crippen LogP contribution is 2.23. The normalized spacial score (nSPS) is 14.6. The first kappa shape index (κ1) is 19.5. The van der Waals surface area contributed by atoms with Crippen LogP contribution in [0.1, 0.15) is 34.3 Å². The number of benzene rings is 2. The molecule has 1 saturated heterocycles. The van der Waals surface area contributed by atoms with Gasteiger partial charge in [0.15, 0.2) is 0 Å². The number of aryl methyl sites for hydroxylation is 2. The molecule has 2 aromatic carbocycles. The SMILES string of the molecule is Cc1ccc(NC(=O)C2CCN(C(=O)c3ccc([N+](=O)[O-])cc3)CC2)c(C)c1. The van der Waals surface area contributed by atoms with Crippen LogP contribution in [0, 0.1) is 29.9 Å². The molecule has 28 heavy (non-hydrogen) atoms. The minimum absolute atomic E-state index is 0.0191. The molecule has 0 bridgehead atoms. The molecule has 0 radical (unpaired) electrons. The summed E-state index contributed by atoms with van der Waals surface area (Å²) in [5.41, 5.74) is 3.37. The van der Waals surface area contributed by atoms with E-state index in [1.165, 1.54) is 24.3 Å². The van der Waals surface area contributed by atoms with E-state index in [1.54, 1.807) is 4.90 Å². The molecule has 0 atom stereocenters. The molecule has 1 N–H and O–H groups in total. The van der Waals surface area contributed by atoms with E-state index >= 15 is 0 Å². The van der Waals surface area contributed by atoms with Crippen LogP contribution >= 0.6 is 0 Å². The molecular formula is C21H23N3O4. The fourth-order valence-corrected chi connectivity index (χ4v) is 3.44. The minimum Gasteiger partial charge on any atom is -0.339 e. The maximum Gasteiger partial charge on any atom is 0.269 e. The first-order valence-electron chi connectivity index (χ1n) is 9.27. The van der Waals surface area contributed by atoms with Crippen LogP contribution < -0.4 is 5.32 Å². The van der Waals surface area contributed by atoms with E-state index in [4.69, 9.17) is 0 Å². The number of piperidine rings is 1. The Morgan fingerprint density at radius 3 is 2.29 bits per heavy atom. The molecule has 1 aliphatic rings. The summed E-state index contributed by atoms with van der Waals surface area (Å²) >= 11 is 0. The van der Waals surface area contributed by atoms with Gasteiger partial charge in [-0.15, -0.1) is 0 Å². The number of hydrogen-bond donors (Lipinski definition) is 1. The van der Waals surface area contributed by atoms with Gasteiger partial charge in [0, 0.05) is 42.4 Å². The van der Waals surface area contributed by atoms with Gasteiger partial charge in [-0.25, -0.2) is 0 Å². The van der Waals surface area contributed by atoms with Gasteiger partial charge in [-0.05, 0) is 50.5 Å². The van der Waals surface area contributed by atoms with Crippen molar-refractivity contribution in [3.63, 3.8) is 0 Å². The molecule has 0 unspecified atom stereocenters. The van der Waals surface area contributed by atoms with Crippen LogP contribution in [0.2, 0.25) is 0 Å². The molecule has 2 aromatic rings. The van der Waals surface area contributed by atoms with Crippen molar-refractivity contribution < 1.29 is 14.5 Å². The Hall–Kier alpha value is -3.22. The van der Waals surface area contributed by atoms with Crippen molar-refractivity contribution in [1.82, 2.24) is 4.90 Å². The number of nitro groups is 1. The number of nitro benzene ring substituents is 1. The molecule has 0 aromatic heterocycles. The zero-order valence-corrected chi connectivity index (χ0v) is 16.0. The molecule has 1 fully saturated rings. The van der Waals surface area contributed by atoms with Gasteiger partial charge in [0.25, 0.3) is 11.6 Å². The smallest absolute Gasteiger partial charge is 0.269 e. The Balaban J connectivity index is 1.56. The van der Waals surface area contributed by atoms with E-state index in [0.717, 1.165) is 16.8 Å². The van der Waals surface area contributed by atoms with E-state index in [0.29, 0.717) is 31.5 Å². The lowest BCUT2D eigenvalue weighted by molar-refractivity contribution is -0.384. The van der Waals surface area contributed by atoms with Gasteiger partial charge in [0.05, 0.1) is 4.92 Å². The van der Waals surface area contributed by atoms with Crippen LogP contribution in [0.3, 0.4) is 0 Å². The van der Waals surface area contributed by atoms with Crippen LogP contribution in [0.4, 0.5) is 11.4 Å². The lowest BCUT2D eigenvalue weighted by atomic mass is 9.95. The molecule has 7 nitrogen and oxygen atoms in total. The molecule has 146 valence electrons. The summed E-state index contributed by atoms with van der Waals surface area (Å²) in [6.07, 6.45) is 1.19. The largest absolute Gasteiger partial charge is 0.339 e. The molecular weight excluding hydrogens is 358 g/mol. The first-order chi connectivity index (χ1) is 13.3. The lowest BCUT2D eigenvalue weighted by Gasteiger charge is -2.31. The van der Waals surface area contributed by atoms with Crippen LogP contribution in [-0.2, 0) is 4.79 Å². The maximum atomic E-state index is 12.6. The van der Waals surface area contributed by atoms with Crippen LogP contribution in [0.15, 0.2) is 42.5 Å². The summed E-state index contributed by atoms with van der Waals surface area (Å²) in [4.78, 5) is 37.1. The number of anilines is 1. The summed E-state index contributed by atoms with van der Waals surface area (Å²) in [6, 6.07) is 11.5. The second-order valence-electron chi connectivity index (χ2n) is 7.18. The van der Waals surface area contributed by atoms with Crippen molar-refractivity contribution in [2.24, 2.45) is 5.92 Å². The summed E-state index contributed by atoms with van der Waals surface area (Å²) < 4.78 is 0. The molecule has 0 aliphatic carbocycles. The molecule has 1 heterocycles. The van der Waals surface area contributed by atoms with Crippen LogP contribution in [0.5, 0.6) is 0 Å². The topological polar surface area (TPSA) is 92.6 Å². The molecule has 0 spiro atoms. The first-order valence-corrected chi connectivity index (χ1v) is 9.27. The van der Waals surface area contributed by atoms with Crippen molar-refractivity contribution in [2.45, 2.75) is 26.7 Å². The van der Waals surface area contributed by atoms with Gasteiger partial charge in [0.1, 0.15) is 0 Å². The number of nitrogens with one attached hydrogen (secondary N) is 1. The summed E-state index contributed by atoms with van der Waals surface area (Å²) in [5, 5.41) is 13.7. The average Bonchev–Trinajstić information content (AvgIpc) is 2.69. The quantitative estimate of drug-likeness (QED) is 0.645. The average molecular weight is 381 g/mol. The van der Waals surface area contributed by atoms with Gasteiger partial charge in [-0.1, -0.05) is 17.7 Å². The number of amides is 2. The summed E-state index contributed by atoms with van der Waals surface area (Å²) in [6.45, 7) is 4.95. The Morgan fingerprint density at radius 2 is 1.71 bits per heavy atom. The van der Waals surface area contributed by atoms with Crippen molar-refractivity contribution >= 4 is 23.2 Å². The number of nitrogens with zero attached hydrogens (tertiary/aromatic N) is 2. The minimum atomic E-state index is -0.492. The summed E-state index contributed by atoms with van der Waals surface area (Å²) in [7, 11) is 0. The highest BCUT2D eigenvalue weighted by Gasteiger charge is 2.28. The predicted octanol–water partition coefficient (Wildman–Crippen LogP) is 3.70. The van der Waals surface area contributed by atoms with Crippen molar-refractivity contribution in [2.75, 3.05) is 18.4 Å². The van der Waals surface area contributed by atoms with Crippen molar-refractivity contribution in [1.29, 1.82) is 0 Å². The van der Waals surface area contributed by atoms with Crippen LogP contribution in [-0.4, -0.2) is 34.7 Å². The highest BCUT2D eigenvalue weighted by atomic mass is 16.6. The number of rotatable bonds is 4. The molecule has 7 heteroatoms. The molecule has 1 aliphatic heterocycles. The zero-order valence-electron chi connectivity index (χ0n) is 16.0. The number of hydrogen-bond acceptors (Lipinski definition) is 4. The lowest BCUT2D eigenvalue weighted by Crippen LogP contribution is -2.41. The predicted molar refractivity (Wildman–Crippen MR) is 106 cm³/mol. The Morgan fingerprint density at radius 1 is 1.07 bits per heavy atom. The zero-order chi connectivity index (χ0) is 20.3. The fourth-order valence-electron chi connectivity index (χ4n) is 3.44. The molecule has 0 saturated carbocycles. The second-order valence-corrected chi connectivity index (χ2v) is 7.18. The standard InChI is InChI=1S/C21H23N3O4/c1-14-3-8-19(15(2)13-14)22-20(25)16-9-11-23(12-10-16)21(26)17-4-6-18(7-5-17)24(27)28/h3-8,13,16H,9-12H2,1-2H3,(H,22,25). The van der Waals surface area contributed by atoms with Crippen molar-refractivity contribution in [3.8, 4) is 0 Å². The number of likely N-dealkylation sites (tertiary alicyclic amines) is 1. The Kier molecular flexibility index (Phi) is 5.73. The van der Waals surface area contributed by atoms with E-state index in [9.17, 15) is 19.7 Å². The third-order valence-corrected chi connectivity index (χ3v) is 5.12. The third-order valence-electron chi connectivity index (χ3n) is 5.12. The van der Waals surface area contributed by atoms with Gasteiger partial charge in [0.2, 0.25) is 5.91 Å². The number of non-ortho nitro benzene ring substituents is 1. The number of carbonyl (C=O) groups excluding carboxylic acids is 2. The molecule has 2 amide bonds. The van der Waals surface area contributed by atoms with E-state index < -0.39 is 4.92 Å². The maximum absolute atomic E-state index is 12.6. The van der Waals surface area contributed by atoms with E-state index in [2.05, 4.69) is 5.32 Å². The monoisotopic (exact) mass is 381 g/mol. The van der Waals surface area contributed by atoms with Crippen molar-refractivity contribution in [3.05, 3.63) is 69.3 Å². The molecule has 3 rings (SSSR count). The van der Waals surface area contributed by atoms with Crippen LogP contribution in [0.25, 0.3) is 0 Å². The Bertz CT molecular complexity index is 900. The highest BCUT2D eigenvalue weighted by molar-refractivity contribution is 5.95. The fraction of sp³-hybridized carbons (Fsp3) is 0.333. The van der Waals surface area contributed by atoms with E-state index in [-0.39, 0.29) is 23.4 Å². The number of carbonyl (C=O) groups is 2.